The van der Waals surface area contributed by atoms with Crippen LogP contribution < -0.4 is 10.6 Å². The maximum Gasteiger partial charge on any atom is 0.309 e. The molecule has 4 heteroatoms. The van der Waals surface area contributed by atoms with Crippen molar-refractivity contribution in [3.63, 3.8) is 0 Å². The third-order valence-corrected chi connectivity index (χ3v) is 4.23. The van der Waals surface area contributed by atoms with Crippen LogP contribution in [0.25, 0.3) is 0 Å². The number of benzene rings is 1. The van der Waals surface area contributed by atoms with Crippen molar-refractivity contribution in [2.75, 3.05) is 0 Å². The zero-order chi connectivity index (χ0) is 15.8. The minimum absolute atomic E-state index is 0.00943. The van der Waals surface area contributed by atoms with Gasteiger partial charge in [-0.05, 0) is 38.2 Å². The van der Waals surface area contributed by atoms with E-state index in [1.54, 1.807) is 0 Å². The summed E-state index contributed by atoms with van der Waals surface area (Å²) in [5.74, 6) is -0.996. The second-order valence-corrected chi connectivity index (χ2v) is 6.21. The largest absolute Gasteiger partial charge is 0.345 e. The van der Waals surface area contributed by atoms with E-state index in [4.69, 9.17) is 0 Å². The number of hydrogen-bond acceptors (Lipinski definition) is 2. The van der Waals surface area contributed by atoms with Gasteiger partial charge >= 0.3 is 11.8 Å². The van der Waals surface area contributed by atoms with E-state index >= 15 is 0 Å². The van der Waals surface area contributed by atoms with Crippen molar-refractivity contribution in [2.24, 2.45) is 0 Å². The molecule has 1 unspecified atom stereocenters. The Kier molecular flexibility index (Phi) is 6.44. The Hall–Kier alpha value is -1.84. The molecule has 2 amide bonds. The fourth-order valence-corrected chi connectivity index (χ4v) is 2.89. The average molecular weight is 302 g/mol. The Bertz CT molecular complexity index is 481. The predicted octanol–water partition coefficient (Wildman–Crippen LogP) is 2.57. The Morgan fingerprint density at radius 1 is 1.09 bits per heavy atom. The molecule has 1 aromatic rings. The third-order valence-electron chi connectivity index (χ3n) is 4.23. The molecule has 1 aromatic carbocycles. The third kappa shape index (κ3) is 5.51. The molecule has 1 fully saturated rings. The van der Waals surface area contributed by atoms with Crippen LogP contribution >= 0.6 is 0 Å². The number of carbonyl (C=O) groups is 2. The maximum absolute atomic E-state index is 11.9. The summed E-state index contributed by atoms with van der Waals surface area (Å²) in [6, 6.07) is 10.3. The number of amides is 2. The molecule has 1 saturated carbocycles. The van der Waals surface area contributed by atoms with Crippen LogP contribution in [-0.4, -0.2) is 23.9 Å². The van der Waals surface area contributed by atoms with Crippen molar-refractivity contribution in [3.8, 4) is 0 Å². The molecule has 0 spiro atoms. The molecule has 22 heavy (non-hydrogen) atoms. The second kappa shape index (κ2) is 8.57. The summed E-state index contributed by atoms with van der Waals surface area (Å²) in [6.45, 7) is 1.94. The van der Waals surface area contributed by atoms with Crippen LogP contribution in [0.15, 0.2) is 30.3 Å². The SMILES string of the molecule is CC(CCc1ccccc1)NC(=O)C(=O)NC1CCCCC1. The Labute approximate surface area is 132 Å². The Morgan fingerprint density at radius 2 is 1.77 bits per heavy atom. The molecule has 0 radical (unpaired) electrons. The highest BCUT2D eigenvalue weighted by molar-refractivity contribution is 6.35. The smallest absolute Gasteiger partial charge is 0.309 e. The molecular formula is C18H26N2O2. The Morgan fingerprint density at radius 3 is 2.45 bits per heavy atom. The van der Waals surface area contributed by atoms with Crippen molar-refractivity contribution in [1.82, 2.24) is 10.6 Å². The quantitative estimate of drug-likeness (QED) is 0.821. The first-order valence-corrected chi connectivity index (χ1v) is 8.30. The summed E-state index contributed by atoms with van der Waals surface area (Å²) in [4.78, 5) is 23.8. The summed E-state index contributed by atoms with van der Waals surface area (Å²) in [5.41, 5.74) is 1.25. The number of hydrogen-bond donors (Lipinski definition) is 2. The zero-order valence-electron chi connectivity index (χ0n) is 13.3. The minimum Gasteiger partial charge on any atom is -0.345 e. The molecule has 0 aliphatic heterocycles. The van der Waals surface area contributed by atoms with Gasteiger partial charge < -0.3 is 10.6 Å². The molecule has 2 rings (SSSR count). The number of aryl methyl sites for hydroxylation is 1. The molecule has 0 saturated heterocycles. The average Bonchev–Trinajstić information content (AvgIpc) is 2.55. The van der Waals surface area contributed by atoms with Gasteiger partial charge in [0.1, 0.15) is 0 Å². The lowest BCUT2D eigenvalue weighted by Gasteiger charge is -2.22. The molecule has 0 heterocycles. The number of rotatable bonds is 5. The molecule has 4 nitrogen and oxygen atoms in total. The van der Waals surface area contributed by atoms with E-state index in [9.17, 15) is 9.59 Å². The maximum atomic E-state index is 11.9. The van der Waals surface area contributed by atoms with Crippen molar-refractivity contribution in [2.45, 2.75) is 64.0 Å². The molecule has 120 valence electrons. The van der Waals surface area contributed by atoms with Crippen LogP contribution in [0, 0.1) is 0 Å². The summed E-state index contributed by atoms with van der Waals surface area (Å²) in [6.07, 6.45) is 7.21. The van der Waals surface area contributed by atoms with Gasteiger partial charge in [0.2, 0.25) is 0 Å². The van der Waals surface area contributed by atoms with E-state index in [1.807, 2.05) is 25.1 Å². The summed E-state index contributed by atoms with van der Waals surface area (Å²) >= 11 is 0. The highest BCUT2D eigenvalue weighted by Crippen LogP contribution is 2.17. The van der Waals surface area contributed by atoms with Crippen molar-refractivity contribution in [1.29, 1.82) is 0 Å². The number of carbonyl (C=O) groups excluding carboxylic acids is 2. The molecule has 1 aliphatic rings. The number of nitrogens with one attached hydrogen (secondary N) is 2. The zero-order valence-corrected chi connectivity index (χ0v) is 13.3. The fraction of sp³-hybridized carbons (Fsp3) is 0.556. The first-order valence-electron chi connectivity index (χ1n) is 8.30. The highest BCUT2D eigenvalue weighted by atomic mass is 16.2. The van der Waals surface area contributed by atoms with E-state index < -0.39 is 11.8 Å². The van der Waals surface area contributed by atoms with E-state index in [0.717, 1.165) is 38.5 Å². The monoisotopic (exact) mass is 302 g/mol. The predicted molar refractivity (Wildman–Crippen MR) is 87.4 cm³/mol. The van der Waals surface area contributed by atoms with E-state index in [1.165, 1.54) is 12.0 Å². The molecular weight excluding hydrogens is 276 g/mol. The van der Waals surface area contributed by atoms with Gasteiger partial charge in [-0.25, -0.2) is 0 Å². The normalized spacial score (nSPS) is 16.8. The lowest BCUT2D eigenvalue weighted by Crippen LogP contribution is -2.47. The molecule has 0 bridgehead atoms. The van der Waals surface area contributed by atoms with Gasteiger partial charge in [0.05, 0.1) is 0 Å². The fourth-order valence-electron chi connectivity index (χ4n) is 2.89. The molecule has 1 aliphatic carbocycles. The topological polar surface area (TPSA) is 58.2 Å². The van der Waals surface area contributed by atoms with Crippen molar-refractivity contribution < 1.29 is 9.59 Å². The lowest BCUT2D eigenvalue weighted by atomic mass is 9.95. The van der Waals surface area contributed by atoms with Crippen LogP contribution in [0.1, 0.15) is 51.0 Å². The van der Waals surface area contributed by atoms with Crippen LogP contribution in [-0.2, 0) is 16.0 Å². The summed E-state index contributed by atoms with van der Waals surface area (Å²) < 4.78 is 0. The van der Waals surface area contributed by atoms with Crippen LogP contribution in [0.2, 0.25) is 0 Å². The molecule has 0 aromatic heterocycles. The van der Waals surface area contributed by atoms with Crippen LogP contribution in [0.3, 0.4) is 0 Å². The first kappa shape index (κ1) is 16.5. The van der Waals surface area contributed by atoms with E-state index in [0.29, 0.717) is 0 Å². The Balaban J connectivity index is 1.69. The standard InChI is InChI=1S/C18H26N2O2/c1-14(12-13-15-8-4-2-5-9-15)19-17(21)18(22)20-16-10-6-3-7-11-16/h2,4-5,8-9,14,16H,3,6-7,10-13H2,1H3,(H,19,21)(H,20,22). The lowest BCUT2D eigenvalue weighted by molar-refractivity contribution is -0.140. The van der Waals surface area contributed by atoms with Gasteiger partial charge in [-0.2, -0.15) is 0 Å². The van der Waals surface area contributed by atoms with Gasteiger partial charge in [0.25, 0.3) is 0 Å². The van der Waals surface area contributed by atoms with E-state index in [2.05, 4.69) is 22.8 Å². The van der Waals surface area contributed by atoms with Crippen molar-refractivity contribution in [3.05, 3.63) is 35.9 Å². The minimum atomic E-state index is -0.508. The van der Waals surface area contributed by atoms with Gasteiger partial charge in [-0.3, -0.25) is 9.59 Å². The van der Waals surface area contributed by atoms with Gasteiger partial charge in [-0.15, -0.1) is 0 Å². The van der Waals surface area contributed by atoms with Gasteiger partial charge in [0, 0.05) is 12.1 Å². The molecule has 1 atom stereocenters. The summed E-state index contributed by atoms with van der Waals surface area (Å²) in [5, 5.41) is 5.64. The van der Waals surface area contributed by atoms with Crippen molar-refractivity contribution >= 4 is 11.8 Å². The first-order chi connectivity index (χ1) is 10.6. The van der Waals surface area contributed by atoms with E-state index in [-0.39, 0.29) is 12.1 Å². The second-order valence-electron chi connectivity index (χ2n) is 6.21. The summed E-state index contributed by atoms with van der Waals surface area (Å²) in [7, 11) is 0. The van der Waals surface area contributed by atoms with Crippen LogP contribution in [0.5, 0.6) is 0 Å². The van der Waals surface area contributed by atoms with Crippen LogP contribution in [0.4, 0.5) is 0 Å². The van der Waals surface area contributed by atoms with Gasteiger partial charge in [0.15, 0.2) is 0 Å². The highest BCUT2D eigenvalue weighted by Gasteiger charge is 2.21. The van der Waals surface area contributed by atoms with Gasteiger partial charge in [-0.1, -0.05) is 49.6 Å². The molecule has 2 N–H and O–H groups in total.